The first-order valence-corrected chi connectivity index (χ1v) is 15.8. The third kappa shape index (κ3) is 7.84. The van der Waals surface area contributed by atoms with Gasteiger partial charge in [0.1, 0.15) is 30.8 Å². The van der Waals surface area contributed by atoms with Crippen LogP contribution in [0.1, 0.15) is 58.5 Å². The number of hydrogen-bond acceptors (Lipinski definition) is 8. The van der Waals surface area contributed by atoms with Crippen LogP contribution in [0, 0.1) is 32.1 Å². The molecule has 1 aliphatic rings. The van der Waals surface area contributed by atoms with Gasteiger partial charge in [0.05, 0.1) is 22.4 Å². The molecule has 0 saturated carbocycles. The summed E-state index contributed by atoms with van der Waals surface area (Å²) < 4.78 is 14.4. The van der Waals surface area contributed by atoms with Crippen molar-refractivity contribution < 1.29 is 14.6 Å². The second-order valence-electron chi connectivity index (χ2n) is 11.7. The van der Waals surface area contributed by atoms with Crippen LogP contribution in [0.4, 0.5) is 0 Å². The summed E-state index contributed by atoms with van der Waals surface area (Å²) in [6, 6.07) is 13.6. The first-order chi connectivity index (χ1) is 21.8. The van der Waals surface area contributed by atoms with Crippen molar-refractivity contribution >= 4 is 11.6 Å². The smallest absolute Gasteiger partial charge is 0.142 e. The number of unbranched alkanes of at least 4 members (excludes halogenated alkanes) is 1. The number of aliphatic hydroxyl groups excluding tert-OH is 1. The Morgan fingerprint density at radius 2 is 1.84 bits per heavy atom. The molecule has 1 saturated heterocycles. The minimum absolute atomic E-state index is 0.170. The van der Waals surface area contributed by atoms with Gasteiger partial charge in [-0.2, -0.15) is 10.4 Å². The number of likely N-dealkylation sites (tertiary alicyclic amines) is 1. The number of halogens is 1. The second-order valence-corrected chi connectivity index (χ2v) is 12.1. The average Bonchev–Trinajstić information content (AvgIpc) is 3.59. The van der Waals surface area contributed by atoms with Crippen LogP contribution in [0.25, 0.3) is 11.1 Å². The molecular weight excluding hydrogens is 588 g/mol. The molecule has 0 spiro atoms. The molecule has 9 nitrogen and oxygen atoms in total. The van der Waals surface area contributed by atoms with Gasteiger partial charge in [0.2, 0.25) is 0 Å². The van der Waals surface area contributed by atoms with E-state index in [9.17, 15) is 5.11 Å². The minimum atomic E-state index is -0.170. The molecule has 1 atom stereocenters. The lowest BCUT2D eigenvalue weighted by Crippen LogP contribution is -2.23. The van der Waals surface area contributed by atoms with Gasteiger partial charge in [0.15, 0.2) is 0 Å². The zero-order valence-electron chi connectivity index (χ0n) is 26.2. The lowest BCUT2D eigenvalue weighted by molar-refractivity contribution is 0.175. The highest BCUT2D eigenvalue weighted by Crippen LogP contribution is 2.35. The van der Waals surface area contributed by atoms with Crippen LogP contribution >= 0.6 is 11.6 Å². The molecule has 0 aliphatic carbocycles. The SMILES string of the molecule is Cc1nn(CCCCN2CCC(O)C2)c(C)c1-c1cccc(COc2cc(OCc3cncc(C#N)c3)c(CN)cc2Cl)c1C. The zero-order valence-corrected chi connectivity index (χ0v) is 27.0. The highest BCUT2D eigenvalue weighted by molar-refractivity contribution is 6.32. The third-order valence-corrected chi connectivity index (χ3v) is 8.77. The molecule has 10 heteroatoms. The summed E-state index contributed by atoms with van der Waals surface area (Å²) in [7, 11) is 0. The summed E-state index contributed by atoms with van der Waals surface area (Å²) in [6.45, 7) is 10.8. The summed E-state index contributed by atoms with van der Waals surface area (Å²) in [5.41, 5.74) is 14.6. The van der Waals surface area contributed by atoms with Gasteiger partial charge < -0.3 is 25.2 Å². The highest BCUT2D eigenvalue weighted by atomic mass is 35.5. The maximum atomic E-state index is 9.77. The fourth-order valence-electron chi connectivity index (χ4n) is 5.95. The number of pyridine rings is 1. The monoisotopic (exact) mass is 628 g/mol. The van der Waals surface area contributed by atoms with Crippen LogP contribution in [0.5, 0.6) is 11.5 Å². The quantitative estimate of drug-likeness (QED) is 0.177. The number of nitrogens with two attached hydrogens (primary N) is 1. The first-order valence-electron chi connectivity index (χ1n) is 15.4. The molecule has 3 heterocycles. The van der Waals surface area contributed by atoms with E-state index in [1.54, 1.807) is 24.4 Å². The van der Waals surface area contributed by atoms with E-state index in [0.717, 1.165) is 90.2 Å². The molecule has 0 amide bonds. The maximum absolute atomic E-state index is 9.77. The van der Waals surface area contributed by atoms with Crippen molar-refractivity contribution in [3.63, 3.8) is 0 Å². The lowest BCUT2D eigenvalue weighted by atomic mass is 9.95. The Morgan fingerprint density at radius 3 is 2.60 bits per heavy atom. The zero-order chi connectivity index (χ0) is 31.9. The number of β-amino-alcohol motifs (C(OH)–C–C–N with tert-alkyl or cyclic N) is 1. The number of aryl methyl sites for hydroxylation is 2. The van der Waals surface area contributed by atoms with Gasteiger partial charge in [-0.05, 0) is 75.4 Å². The molecular formula is C35H41ClN6O3. The standard InChI is InChI=1S/C35H41ClN6O3/c1-23-28(22-45-34-15-33(29(17-38)14-32(34)36)44-21-27-13-26(16-37)18-39-19-27)7-6-8-31(23)35-24(2)40-42(25(35)3)11-5-4-10-41-12-9-30(43)20-41/h6-8,13-15,18-19,30,43H,4-5,9-12,17,20-22,38H2,1-3H3. The fourth-order valence-corrected chi connectivity index (χ4v) is 6.19. The summed E-state index contributed by atoms with van der Waals surface area (Å²) in [5.74, 6) is 1.07. The summed E-state index contributed by atoms with van der Waals surface area (Å²) in [5, 5.41) is 24.3. The first kappa shape index (κ1) is 32.5. The van der Waals surface area contributed by atoms with Crippen molar-refractivity contribution in [1.29, 1.82) is 5.26 Å². The largest absolute Gasteiger partial charge is 0.488 e. The highest BCUT2D eigenvalue weighted by Gasteiger charge is 2.20. The lowest BCUT2D eigenvalue weighted by Gasteiger charge is -2.17. The van der Waals surface area contributed by atoms with Crippen LogP contribution in [0.15, 0.2) is 48.8 Å². The molecule has 1 aliphatic heterocycles. The van der Waals surface area contributed by atoms with Crippen LogP contribution in [-0.4, -0.2) is 50.5 Å². The molecule has 45 heavy (non-hydrogen) atoms. The van der Waals surface area contributed by atoms with E-state index in [-0.39, 0.29) is 19.3 Å². The Balaban J connectivity index is 1.26. The number of nitriles is 1. The number of rotatable bonds is 13. The molecule has 0 bridgehead atoms. The number of aromatic nitrogens is 3. The van der Waals surface area contributed by atoms with Crippen LogP contribution in [0.3, 0.4) is 0 Å². The number of aliphatic hydroxyl groups is 1. The molecule has 2 aromatic carbocycles. The number of nitrogens with zero attached hydrogens (tertiary/aromatic N) is 5. The molecule has 0 radical (unpaired) electrons. The summed E-state index contributed by atoms with van der Waals surface area (Å²) in [6.07, 6.45) is 6.02. The predicted molar refractivity (Wildman–Crippen MR) is 175 cm³/mol. The Kier molecular flexibility index (Phi) is 10.7. The third-order valence-electron chi connectivity index (χ3n) is 8.47. The van der Waals surface area contributed by atoms with Gasteiger partial charge in [0, 0.05) is 67.0 Å². The molecule has 2 aromatic heterocycles. The second kappa shape index (κ2) is 14.9. The number of ether oxygens (including phenoxy) is 2. The number of hydrogen-bond donors (Lipinski definition) is 2. The Bertz CT molecular complexity index is 1680. The molecule has 236 valence electrons. The normalized spacial score (nSPS) is 14.9. The van der Waals surface area contributed by atoms with Gasteiger partial charge in [0.25, 0.3) is 0 Å². The van der Waals surface area contributed by atoms with Crippen LogP contribution < -0.4 is 15.2 Å². The molecule has 1 fully saturated rings. The van der Waals surface area contributed by atoms with Gasteiger partial charge in [-0.25, -0.2) is 0 Å². The Hall–Kier alpha value is -3.94. The van der Waals surface area contributed by atoms with Gasteiger partial charge in [-0.3, -0.25) is 9.67 Å². The fraction of sp³-hybridized carbons (Fsp3) is 0.400. The van der Waals surface area contributed by atoms with Crippen molar-refractivity contribution in [3.8, 4) is 28.7 Å². The summed E-state index contributed by atoms with van der Waals surface area (Å²) >= 11 is 6.60. The van der Waals surface area contributed by atoms with E-state index >= 15 is 0 Å². The van der Waals surface area contributed by atoms with Crippen molar-refractivity contribution in [1.82, 2.24) is 19.7 Å². The minimum Gasteiger partial charge on any atom is -0.488 e. The number of benzene rings is 2. The molecule has 4 aromatic rings. The van der Waals surface area contributed by atoms with Crippen LogP contribution in [-0.2, 0) is 26.3 Å². The summed E-state index contributed by atoms with van der Waals surface area (Å²) in [4.78, 5) is 6.44. The topological polar surface area (TPSA) is 122 Å². The Labute approximate surface area is 270 Å². The van der Waals surface area contributed by atoms with Gasteiger partial charge in [-0.1, -0.05) is 29.8 Å². The van der Waals surface area contributed by atoms with Crippen molar-refractivity contribution in [2.75, 3.05) is 19.6 Å². The molecule has 1 unspecified atom stereocenters. The molecule has 5 rings (SSSR count). The van der Waals surface area contributed by atoms with Crippen molar-refractivity contribution in [2.45, 2.75) is 72.4 Å². The van der Waals surface area contributed by atoms with E-state index < -0.39 is 0 Å². The van der Waals surface area contributed by atoms with E-state index in [0.29, 0.717) is 28.7 Å². The van der Waals surface area contributed by atoms with Crippen molar-refractivity contribution in [2.24, 2.45) is 5.73 Å². The predicted octanol–water partition coefficient (Wildman–Crippen LogP) is 5.86. The maximum Gasteiger partial charge on any atom is 0.142 e. The molecule has 3 N–H and O–H groups in total. The van der Waals surface area contributed by atoms with Gasteiger partial charge in [-0.15, -0.1) is 0 Å². The van der Waals surface area contributed by atoms with E-state index in [1.807, 2.05) is 0 Å². The Morgan fingerprint density at radius 1 is 1.04 bits per heavy atom. The van der Waals surface area contributed by atoms with E-state index in [2.05, 4.69) is 59.6 Å². The average molecular weight is 629 g/mol. The van der Waals surface area contributed by atoms with Crippen molar-refractivity contribution in [3.05, 3.63) is 93.0 Å². The van der Waals surface area contributed by atoms with Crippen LogP contribution in [0.2, 0.25) is 5.02 Å². The van der Waals surface area contributed by atoms with E-state index in [4.69, 9.17) is 37.2 Å². The van der Waals surface area contributed by atoms with Gasteiger partial charge >= 0.3 is 0 Å². The van der Waals surface area contributed by atoms with E-state index in [1.165, 1.54) is 6.20 Å².